The Bertz CT molecular complexity index is 1840. The van der Waals surface area contributed by atoms with Crippen molar-refractivity contribution in [1.82, 2.24) is 0 Å². The summed E-state index contributed by atoms with van der Waals surface area (Å²) in [7, 11) is -4.08. The molecular weight excluding hydrogens is 597 g/mol. The Labute approximate surface area is 251 Å². The van der Waals surface area contributed by atoms with Crippen molar-refractivity contribution in [3.63, 3.8) is 0 Å². The van der Waals surface area contributed by atoms with Gasteiger partial charge in [-0.15, -0.1) is 0 Å². The molecule has 42 heavy (non-hydrogen) atoms. The number of hydrogen-bond donors (Lipinski definition) is 2. The summed E-state index contributed by atoms with van der Waals surface area (Å²) in [6, 6.07) is 16.3. The fourth-order valence-corrected chi connectivity index (χ4v) is 6.96. The molecule has 1 aliphatic rings. The maximum Gasteiger partial charge on any atom is 0.301 e. The van der Waals surface area contributed by atoms with Crippen LogP contribution in [0, 0.1) is 13.8 Å². The molecule has 1 aliphatic heterocycles. The van der Waals surface area contributed by atoms with Crippen molar-refractivity contribution in [2.75, 3.05) is 23.8 Å². The number of allylic oxidation sites excluding steroid dienone is 2. The molecule has 0 saturated carbocycles. The van der Waals surface area contributed by atoms with Crippen LogP contribution in [0.5, 0.6) is 5.75 Å². The second-order valence-corrected chi connectivity index (χ2v) is 13.4. The molecule has 0 saturated heterocycles. The summed E-state index contributed by atoms with van der Waals surface area (Å²) < 4.78 is 66.9. The van der Waals surface area contributed by atoms with Crippen LogP contribution in [0.15, 0.2) is 66.1 Å². The number of ether oxygens (including phenoxy) is 1. The summed E-state index contributed by atoms with van der Waals surface area (Å²) >= 11 is -0.747. The van der Waals surface area contributed by atoms with Gasteiger partial charge in [0, 0.05) is 18.6 Å². The predicted molar refractivity (Wildman–Crippen MR) is 168 cm³/mol. The second kappa shape index (κ2) is 12.6. The predicted octanol–water partition coefficient (Wildman–Crippen LogP) is 5.92. The molecular formula is C30H33N2O7S3+. The van der Waals surface area contributed by atoms with Crippen molar-refractivity contribution in [2.24, 2.45) is 0 Å². The van der Waals surface area contributed by atoms with Crippen LogP contribution in [0.1, 0.15) is 35.9 Å². The van der Waals surface area contributed by atoms with E-state index in [9.17, 15) is 17.2 Å². The lowest BCUT2D eigenvalue weighted by Gasteiger charge is -2.18. The van der Waals surface area contributed by atoms with Gasteiger partial charge < -0.3 is 9.64 Å². The topological polar surface area (TPSA) is 117 Å². The number of nitrogens with zero attached hydrogens (tertiary/aromatic N) is 2. The van der Waals surface area contributed by atoms with E-state index in [1.165, 1.54) is 0 Å². The number of aryl methyl sites for hydroxylation is 3. The Morgan fingerprint density at radius 2 is 1.93 bits per heavy atom. The molecule has 9 nitrogen and oxygen atoms in total. The summed E-state index contributed by atoms with van der Waals surface area (Å²) in [5.41, 5.74) is 5.05. The fourth-order valence-electron chi connectivity index (χ4n) is 5.06. The van der Waals surface area contributed by atoms with Crippen LogP contribution in [0.4, 0.5) is 5.69 Å². The van der Waals surface area contributed by atoms with E-state index in [0.717, 1.165) is 48.4 Å². The molecule has 4 aromatic rings. The van der Waals surface area contributed by atoms with Crippen LogP contribution in [0.2, 0.25) is 0 Å². The van der Waals surface area contributed by atoms with Crippen LogP contribution in [-0.4, -0.2) is 40.6 Å². The number of rotatable bonds is 11. The molecule has 5 rings (SSSR count). The number of hydrogen-bond acceptors (Lipinski definition) is 7. The molecule has 1 aromatic heterocycles. The molecule has 0 aliphatic carbocycles. The van der Waals surface area contributed by atoms with Crippen molar-refractivity contribution >= 4 is 65.6 Å². The van der Waals surface area contributed by atoms with Gasteiger partial charge in [0.05, 0.1) is 30.0 Å². The first-order valence-electron chi connectivity index (χ1n) is 13.6. The first kappa shape index (κ1) is 30.3. The zero-order chi connectivity index (χ0) is 30.0. The number of benzene rings is 3. The third kappa shape index (κ3) is 6.74. The molecule has 2 N–H and O–H groups in total. The Hall–Kier alpha value is -3.13. The molecule has 222 valence electrons. The van der Waals surface area contributed by atoms with Crippen LogP contribution in [0.3, 0.4) is 0 Å². The van der Waals surface area contributed by atoms with E-state index in [1.54, 1.807) is 11.3 Å². The van der Waals surface area contributed by atoms with E-state index in [0.29, 0.717) is 31.1 Å². The third-order valence-corrected chi connectivity index (χ3v) is 9.54. The molecule has 0 fully saturated rings. The van der Waals surface area contributed by atoms with E-state index in [-0.39, 0.29) is 18.8 Å². The molecule has 12 heteroatoms. The Morgan fingerprint density at radius 1 is 1.17 bits per heavy atom. The minimum Gasteiger partial charge on any atom is -0.439 e. The van der Waals surface area contributed by atoms with Gasteiger partial charge in [0.1, 0.15) is 4.70 Å². The van der Waals surface area contributed by atoms with Crippen molar-refractivity contribution < 1.29 is 35.2 Å². The summed E-state index contributed by atoms with van der Waals surface area (Å²) in [5, 5.41) is 3.10. The minimum absolute atomic E-state index is 0.0263. The second-order valence-electron chi connectivity index (χ2n) is 10.1. The van der Waals surface area contributed by atoms with E-state index in [1.807, 2.05) is 56.0 Å². The highest BCUT2D eigenvalue weighted by atomic mass is 32.2. The zero-order valence-corrected chi connectivity index (χ0v) is 26.0. The van der Waals surface area contributed by atoms with Crippen LogP contribution < -0.4 is 14.2 Å². The molecule has 0 radical (unpaired) electrons. The quantitative estimate of drug-likeness (QED) is 0.119. The van der Waals surface area contributed by atoms with Crippen molar-refractivity contribution in [2.45, 2.75) is 40.2 Å². The van der Waals surface area contributed by atoms with E-state index < -0.39 is 21.5 Å². The number of anilines is 1. The lowest BCUT2D eigenvalue weighted by molar-refractivity contribution is -0.667. The molecule has 3 aromatic carbocycles. The number of thiazole rings is 1. The smallest absolute Gasteiger partial charge is 0.301 e. The van der Waals surface area contributed by atoms with Gasteiger partial charge in [-0.2, -0.15) is 17.2 Å². The normalized spacial score (nSPS) is 15.5. The highest BCUT2D eigenvalue weighted by molar-refractivity contribution is 7.85. The Kier molecular flexibility index (Phi) is 9.11. The van der Waals surface area contributed by atoms with Crippen molar-refractivity contribution in [3.05, 3.63) is 82.2 Å². The lowest BCUT2D eigenvalue weighted by Crippen LogP contribution is -2.36. The van der Waals surface area contributed by atoms with Crippen LogP contribution in [-0.2, 0) is 32.2 Å². The lowest BCUT2D eigenvalue weighted by atomic mass is 10.1. The van der Waals surface area contributed by atoms with E-state index in [2.05, 4.69) is 34.9 Å². The largest absolute Gasteiger partial charge is 0.439 e. The fraction of sp³-hybridized carbons (Fsp3) is 0.300. The zero-order valence-electron chi connectivity index (χ0n) is 23.6. The first-order chi connectivity index (χ1) is 20.0. The molecule has 1 atom stereocenters. The number of fused-ring (bicyclic) bond motifs is 4. The number of aromatic nitrogens is 1. The van der Waals surface area contributed by atoms with Crippen LogP contribution in [0.25, 0.3) is 27.1 Å². The van der Waals surface area contributed by atoms with Crippen molar-refractivity contribution in [3.8, 4) is 5.75 Å². The third-order valence-electron chi connectivity index (χ3n) is 7.27. The van der Waals surface area contributed by atoms with Gasteiger partial charge in [-0.3, -0.25) is 13.3 Å². The summed E-state index contributed by atoms with van der Waals surface area (Å²) in [6.45, 7) is 6.85. The summed E-state index contributed by atoms with van der Waals surface area (Å²) in [6.07, 6.45) is 5.00. The average molecular weight is 630 g/mol. The van der Waals surface area contributed by atoms with E-state index in [4.69, 9.17) is 13.5 Å². The van der Waals surface area contributed by atoms with Gasteiger partial charge in [-0.05, 0) is 66.6 Å². The van der Waals surface area contributed by atoms with Gasteiger partial charge in [-0.25, -0.2) is 0 Å². The minimum atomic E-state index is -4.08. The molecule has 0 spiro atoms. The SMILES string of the molecule is CCC(=C/c1sc2ccc3ccccc3c2[n+]1CCCS(=O)(=O)O)/C=C1\Oc2cc(C)c(C)cc2N1CCOS(=O)O. The van der Waals surface area contributed by atoms with Crippen molar-refractivity contribution in [1.29, 1.82) is 0 Å². The summed E-state index contributed by atoms with van der Waals surface area (Å²) in [4.78, 5) is 1.94. The van der Waals surface area contributed by atoms with E-state index >= 15 is 0 Å². The first-order valence-corrected chi connectivity index (χ1v) is 17.0. The Morgan fingerprint density at radius 3 is 2.67 bits per heavy atom. The van der Waals surface area contributed by atoms with Gasteiger partial charge in [0.15, 0.2) is 12.3 Å². The highest BCUT2D eigenvalue weighted by Crippen LogP contribution is 2.41. The standard InChI is InChI=1S/C30H32N2O7S3/c1-4-22(18-28-31(13-14-38-41(33)34)25-16-20(2)21(3)17-26(25)39-28)19-29-32(12-7-15-42(35,36)37)30-24-9-6-5-8-23(24)10-11-27(30)40-29/h5-6,8-11,16-19H,4,7,12-15H2,1-3H3,(H-,33,34,35,36,37)/p+1. The van der Waals surface area contributed by atoms with Crippen LogP contribution >= 0.6 is 11.3 Å². The maximum absolute atomic E-state index is 11.5. The highest BCUT2D eigenvalue weighted by Gasteiger charge is 2.28. The van der Waals surface area contributed by atoms with Gasteiger partial charge in [0.25, 0.3) is 15.1 Å². The van der Waals surface area contributed by atoms with Gasteiger partial charge in [0.2, 0.25) is 11.4 Å². The average Bonchev–Trinajstić information content (AvgIpc) is 3.44. The van der Waals surface area contributed by atoms with Gasteiger partial charge in [-0.1, -0.05) is 42.5 Å². The maximum atomic E-state index is 11.5. The molecule has 2 heterocycles. The summed E-state index contributed by atoms with van der Waals surface area (Å²) in [5.74, 6) is 0.967. The monoisotopic (exact) mass is 629 g/mol. The molecule has 1 unspecified atom stereocenters. The Balaban J connectivity index is 1.58. The molecule has 0 amide bonds. The van der Waals surface area contributed by atoms with Gasteiger partial charge >= 0.3 is 11.4 Å². The molecule has 0 bridgehead atoms.